The van der Waals surface area contributed by atoms with E-state index in [2.05, 4.69) is 55.7 Å². The Morgan fingerprint density at radius 3 is 2.73 bits per heavy atom. The van der Waals surface area contributed by atoms with Crippen LogP contribution < -0.4 is 4.90 Å². The predicted molar refractivity (Wildman–Crippen MR) is 105 cm³/mol. The van der Waals surface area contributed by atoms with Crippen molar-refractivity contribution in [3.05, 3.63) is 59.9 Å². The summed E-state index contributed by atoms with van der Waals surface area (Å²) < 4.78 is 2.32. The number of anilines is 1. The normalized spacial score (nSPS) is 17.6. The summed E-state index contributed by atoms with van der Waals surface area (Å²) in [5, 5.41) is 0. The van der Waals surface area contributed by atoms with Gasteiger partial charge in [-0.15, -0.1) is 0 Å². The zero-order valence-corrected chi connectivity index (χ0v) is 15.6. The fraction of sp³-hybridized carbons (Fsp3) is 0.364. The third kappa shape index (κ3) is 3.00. The van der Waals surface area contributed by atoms with Gasteiger partial charge in [0.05, 0.1) is 11.0 Å². The number of amides is 1. The number of imidazole rings is 1. The minimum Gasteiger partial charge on any atom is -0.327 e. The number of para-hydroxylation sites is 2. The number of carbonyl (C=O) groups is 1. The zero-order valence-electron chi connectivity index (χ0n) is 15.6. The highest BCUT2D eigenvalue weighted by Crippen LogP contribution is 2.33. The number of aryl methyl sites for hydroxylation is 1. The van der Waals surface area contributed by atoms with Crippen LogP contribution >= 0.6 is 0 Å². The van der Waals surface area contributed by atoms with E-state index in [9.17, 15) is 4.79 Å². The van der Waals surface area contributed by atoms with Crippen LogP contribution in [0.3, 0.4) is 0 Å². The lowest BCUT2D eigenvalue weighted by Crippen LogP contribution is -2.24. The van der Waals surface area contributed by atoms with Crippen molar-refractivity contribution in [2.45, 2.75) is 39.7 Å². The van der Waals surface area contributed by atoms with Gasteiger partial charge in [-0.25, -0.2) is 4.98 Å². The molecule has 0 saturated carbocycles. The number of benzene rings is 2. The minimum atomic E-state index is 0.133. The molecule has 1 saturated heterocycles. The smallest absolute Gasteiger partial charge is 0.227 e. The van der Waals surface area contributed by atoms with Crippen LogP contribution in [0.15, 0.2) is 48.5 Å². The summed E-state index contributed by atoms with van der Waals surface area (Å²) >= 11 is 0. The molecule has 1 atom stereocenters. The molecule has 2 aromatic carbocycles. The lowest BCUT2D eigenvalue weighted by Gasteiger charge is -2.18. The highest BCUT2D eigenvalue weighted by Gasteiger charge is 2.34. The molecule has 26 heavy (non-hydrogen) atoms. The molecule has 1 aliphatic rings. The van der Waals surface area contributed by atoms with Gasteiger partial charge in [-0.1, -0.05) is 38.1 Å². The Morgan fingerprint density at radius 2 is 1.96 bits per heavy atom. The number of hydrogen-bond acceptors (Lipinski definition) is 2. The molecule has 4 nitrogen and oxygen atoms in total. The minimum absolute atomic E-state index is 0.133. The van der Waals surface area contributed by atoms with Crippen LogP contribution in [0.25, 0.3) is 11.0 Å². The molecule has 3 aromatic rings. The highest BCUT2D eigenvalue weighted by molar-refractivity contribution is 5.96. The monoisotopic (exact) mass is 347 g/mol. The second-order valence-corrected chi connectivity index (χ2v) is 7.71. The van der Waals surface area contributed by atoms with Crippen molar-refractivity contribution in [3.8, 4) is 0 Å². The molecule has 1 aliphatic heterocycles. The molecule has 0 radical (unpaired) electrons. The predicted octanol–water partition coefficient (Wildman–Crippen LogP) is 4.52. The van der Waals surface area contributed by atoms with Gasteiger partial charge < -0.3 is 9.47 Å². The summed E-state index contributed by atoms with van der Waals surface area (Å²) in [6, 6.07) is 16.4. The fourth-order valence-electron chi connectivity index (χ4n) is 3.89. The SMILES string of the molecule is Cc1cccc(N2C[C@H](c3nc4ccccc4n3CC(C)C)CC2=O)c1. The van der Waals surface area contributed by atoms with Gasteiger partial charge in [-0.05, 0) is 42.7 Å². The van der Waals surface area contributed by atoms with Gasteiger partial charge in [0.25, 0.3) is 0 Å². The topological polar surface area (TPSA) is 38.1 Å². The molecule has 1 fully saturated rings. The maximum absolute atomic E-state index is 12.7. The van der Waals surface area contributed by atoms with Crippen LogP contribution in [-0.2, 0) is 11.3 Å². The van der Waals surface area contributed by atoms with Gasteiger partial charge in [0.2, 0.25) is 5.91 Å². The van der Waals surface area contributed by atoms with E-state index in [1.165, 1.54) is 5.56 Å². The highest BCUT2D eigenvalue weighted by atomic mass is 16.2. The summed E-state index contributed by atoms with van der Waals surface area (Å²) in [6.07, 6.45) is 0.523. The molecule has 0 aliphatic carbocycles. The van der Waals surface area contributed by atoms with Crippen molar-refractivity contribution in [2.75, 3.05) is 11.4 Å². The fourth-order valence-corrected chi connectivity index (χ4v) is 3.89. The van der Waals surface area contributed by atoms with Crippen LogP contribution in [0, 0.1) is 12.8 Å². The molecular weight excluding hydrogens is 322 g/mol. The van der Waals surface area contributed by atoms with Gasteiger partial charge in [0.15, 0.2) is 0 Å². The van der Waals surface area contributed by atoms with Crippen molar-refractivity contribution in [3.63, 3.8) is 0 Å². The second kappa shape index (κ2) is 6.60. The van der Waals surface area contributed by atoms with Gasteiger partial charge >= 0.3 is 0 Å². The van der Waals surface area contributed by atoms with Crippen molar-refractivity contribution >= 4 is 22.6 Å². The molecule has 134 valence electrons. The number of fused-ring (bicyclic) bond motifs is 1. The van der Waals surface area contributed by atoms with Crippen molar-refractivity contribution in [1.29, 1.82) is 0 Å². The van der Waals surface area contributed by atoms with Crippen LogP contribution in [0.4, 0.5) is 5.69 Å². The van der Waals surface area contributed by atoms with Gasteiger partial charge in [-0.3, -0.25) is 4.79 Å². The Morgan fingerprint density at radius 1 is 1.15 bits per heavy atom. The number of carbonyl (C=O) groups excluding carboxylic acids is 1. The van der Waals surface area contributed by atoms with E-state index < -0.39 is 0 Å². The van der Waals surface area contributed by atoms with Crippen LogP contribution in [0.1, 0.15) is 37.6 Å². The van der Waals surface area contributed by atoms with Gasteiger partial charge in [-0.2, -0.15) is 0 Å². The number of hydrogen-bond donors (Lipinski definition) is 0. The average Bonchev–Trinajstić information content (AvgIpc) is 3.16. The first-order valence-electron chi connectivity index (χ1n) is 9.35. The molecular formula is C22H25N3O. The first-order chi connectivity index (χ1) is 12.5. The van der Waals surface area contributed by atoms with E-state index in [-0.39, 0.29) is 11.8 Å². The number of nitrogens with zero attached hydrogens (tertiary/aromatic N) is 3. The summed E-state index contributed by atoms with van der Waals surface area (Å²) in [7, 11) is 0. The van der Waals surface area contributed by atoms with E-state index in [0.29, 0.717) is 18.9 Å². The Bertz CT molecular complexity index is 957. The van der Waals surface area contributed by atoms with Crippen molar-refractivity contribution < 1.29 is 4.79 Å². The average molecular weight is 347 g/mol. The van der Waals surface area contributed by atoms with Crippen LogP contribution in [-0.4, -0.2) is 22.0 Å². The van der Waals surface area contributed by atoms with Gasteiger partial charge in [0.1, 0.15) is 5.82 Å². The van der Waals surface area contributed by atoms with E-state index >= 15 is 0 Å². The Hall–Kier alpha value is -2.62. The summed E-state index contributed by atoms with van der Waals surface area (Å²) in [5.74, 6) is 1.89. The maximum Gasteiger partial charge on any atom is 0.227 e. The molecule has 0 bridgehead atoms. The largest absolute Gasteiger partial charge is 0.327 e. The van der Waals surface area contributed by atoms with Crippen LogP contribution in [0.2, 0.25) is 0 Å². The summed E-state index contributed by atoms with van der Waals surface area (Å²) in [5.41, 5.74) is 4.34. The first-order valence-corrected chi connectivity index (χ1v) is 9.35. The number of rotatable bonds is 4. The summed E-state index contributed by atoms with van der Waals surface area (Å²) in [4.78, 5) is 19.5. The third-order valence-corrected chi connectivity index (χ3v) is 5.04. The van der Waals surface area contributed by atoms with E-state index in [4.69, 9.17) is 4.98 Å². The molecule has 4 rings (SSSR count). The Balaban J connectivity index is 1.71. The Kier molecular flexibility index (Phi) is 4.27. The lowest BCUT2D eigenvalue weighted by atomic mass is 10.1. The van der Waals surface area contributed by atoms with Crippen molar-refractivity contribution in [2.24, 2.45) is 5.92 Å². The molecule has 4 heteroatoms. The quantitative estimate of drug-likeness (QED) is 0.696. The molecule has 0 spiro atoms. The molecule has 2 heterocycles. The molecule has 1 amide bonds. The van der Waals surface area contributed by atoms with Crippen molar-refractivity contribution in [1.82, 2.24) is 9.55 Å². The Labute approximate surface area is 154 Å². The molecule has 0 unspecified atom stereocenters. The standard InChI is InChI=1S/C22H25N3O/c1-15(2)13-25-20-10-5-4-9-19(20)23-22(25)17-12-21(26)24(14-17)18-8-6-7-16(3)11-18/h4-11,15,17H,12-14H2,1-3H3/t17-/m1/s1. The second-order valence-electron chi connectivity index (χ2n) is 7.71. The lowest BCUT2D eigenvalue weighted by molar-refractivity contribution is -0.117. The van der Waals surface area contributed by atoms with E-state index in [0.717, 1.165) is 29.1 Å². The molecule has 1 aromatic heterocycles. The van der Waals surface area contributed by atoms with Crippen LogP contribution in [0.5, 0.6) is 0 Å². The first kappa shape index (κ1) is 16.8. The van der Waals surface area contributed by atoms with E-state index in [1.807, 2.05) is 23.1 Å². The zero-order chi connectivity index (χ0) is 18.3. The third-order valence-electron chi connectivity index (χ3n) is 5.04. The summed E-state index contributed by atoms with van der Waals surface area (Å²) in [6.45, 7) is 8.12. The molecule has 0 N–H and O–H groups in total. The number of aromatic nitrogens is 2. The van der Waals surface area contributed by atoms with E-state index in [1.54, 1.807) is 0 Å². The maximum atomic E-state index is 12.7. The van der Waals surface area contributed by atoms with Gasteiger partial charge in [0, 0.05) is 31.1 Å².